The number of amides is 2. The lowest BCUT2D eigenvalue weighted by Gasteiger charge is -2.25. The van der Waals surface area contributed by atoms with Crippen molar-refractivity contribution in [1.82, 2.24) is 20.1 Å². The Kier molecular flexibility index (Phi) is 4.99. The van der Waals surface area contributed by atoms with Crippen molar-refractivity contribution in [2.45, 2.75) is 70.5 Å². The van der Waals surface area contributed by atoms with E-state index in [1.54, 1.807) is 4.90 Å². The van der Waals surface area contributed by atoms with Gasteiger partial charge < -0.3 is 19.4 Å². The van der Waals surface area contributed by atoms with Crippen molar-refractivity contribution < 1.29 is 14.3 Å². The minimum absolute atomic E-state index is 0.0956. The second-order valence-corrected chi connectivity index (χ2v) is 8.05. The van der Waals surface area contributed by atoms with Crippen LogP contribution in [0.25, 0.3) is 0 Å². The van der Waals surface area contributed by atoms with Crippen molar-refractivity contribution in [1.29, 1.82) is 0 Å². The number of carbonyl (C=O) groups excluding carboxylic acids is 1. The number of ether oxygens (including phenoxy) is 2. The summed E-state index contributed by atoms with van der Waals surface area (Å²) in [6, 6.07) is 5.78. The molecular formula is C21H27N5O3. The molecule has 154 valence electrons. The average molecular weight is 397 g/mol. The lowest BCUT2D eigenvalue weighted by atomic mass is 10.2. The van der Waals surface area contributed by atoms with Gasteiger partial charge in [0.2, 0.25) is 6.79 Å². The van der Waals surface area contributed by atoms with Gasteiger partial charge >= 0.3 is 6.03 Å². The van der Waals surface area contributed by atoms with Gasteiger partial charge in [0, 0.05) is 30.8 Å². The average Bonchev–Trinajstić information content (AvgIpc) is 3.45. The number of carbonyl (C=O) groups is 1. The van der Waals surface area contributed by atoms with E-state index in [1.807, 2.05) is 18.2 Å². The summed E-state index contributed by atoms with van der Waals surface area (Å²) >= 11 is 0. The molecule has 2 amide bonds. The maximum atomic E-state index is 13.2. The van der Waals surface area contributed by atoms with E-state index >= 15 is 0 Å². The van der Waals surface area contributed by atoms with Crippen LogP contribution in [0.1, 0.15) is 56.6 Å². The first kappa shape index (κ1) is 18.3. The minimum Gasteiger partial charge on any atom is -0.454 e. The third kappa shape index (κ3) is 3.75. The highest BCUT2D eigenvalue weighted by molar-refractivity contribution is 5.92. The lowest BCUT2D eigenvalue weighted by Crippen LogP contribution is -2.44. The molecule has 0 radical (unpaired) electrons. The number of aromatic nitrogens is 3. The number of anilines is 1. The zero-order chi connectivity index (χ0) is 19.6. The van der Waals surface area contributed by atoms with Crippen LogP contribution in [-0.4, -0.2) is 33.6 Å². The smallest absolute Gasteiger partial charge is 0.322 e. The molecule has 1 N–H and O–H groups in total. The quantitative estimate of drug-likeness (QED) is 0.855. The van der Waals surface area contributed by atoms with Crippen molar-refractivity contribution in [2.24, 2.45) is 0 Å². The van der Waals surface area contributed by atoms with Crippen LogP contribution in [-0.2, 0) is 19.5 Å². The van der Waals surface area contributed by atoms with Gasteiger partial charge in [-0.3, -0.25) is 4.90 Å². The molecule has 0 spiro atoms. The standard InChI is InChI=1S/C21H27N5O3/c27-21(22-15-6-3-4-7-15)26(16-9-10-17-18(12-16)29-14-28-17)13-20-24-23-19-8-2-1-5-11-25(19)20/h9-10,12,15H,1-8,11,13-14H2,(H,22,27). The molecule has 2 aliphatic heterocycles. The highest BCUT2D eigenvalue weighted by atomic mass is 16.7. The molecule has 8 heteroatoms. The number of benzene rings is 1. The first-order valence-electron chi connectivity index (χ1n) is 10.7. The Morgan fingerprint density at radius 3 is 2.86 bits per heavy atom. The van der Waals surface area contributed by atoms with E-state index in [0.29, 0.717) is 18.0 Å². The van der Waals surface area contributed by atoms with E-state index < -0.39 is 0 Å². The Hall–Kier alpha value is -2.77. The first-order valence-corrected chi connectivity index (χ1v) is 10.7. The van der Waals surface area contributed by atoms with Crippen LogP contribution < -0.4 is 19.7 Å². The van der Waals surface area contributed by atoms with Crippen molar-refractivity contribution in [3.05, 3.63) is 29.8 Å². The molecular weight excluding hydrogens is 370 g/mol. The molecule has 1 fully saturated rings. The summed E-state index contributed by atoms with van der Waals surface area (Å²) < 4.78 is 13.1. The molecule has 0 saturated heterocycles. The summed E-state index contributed by atoms with van der Waals surface area (Å²) in [5.41, 5.74) is 0.774. The summed E-state index contributed by atoms with van der Waals surface area (Å²) in [5.74, 6) is 3.24. The first-order chi connectivity index (χ1) is 14.3. The van der Waals surface area contributed by atoms with Crippen LogP contribution in [0.2, 0.25) is 0 Å². The molecule has 1 aromatic carbocycles. The fourth-order valence-electron chi connectivity index (χ4n) is 4.46. The minimum atomic E-state index is -0.0956. The van der Waals surface area contributed by atoms with Crippen molar-refractivity contribution in [2.75, 3.05) is 11.7 Å². The summed E-state index contributed by atoms with van der Waals surface area (Å²) in [5, 5.41) is 12.0. The fraction of sp³-hybridized carbons (Fsp3) is 0.571. The number of hydrogen-bond acceptors (Lipinski definition) is 5. The topological polar surface area (TPSA) is 81.5 Å². The molecule has 29 heavy (non-hydrogen) atoms. The molecule has 1 saturated carbocycles. The van der Waals surface area contributed by atoms with E-state index in [0.717, 1.165) is 56.0 Å². The van der Waals surface area contributed by atoms with Gasteiger partial charge in [0.15, 0.2) is 17.3 Å². The molecule has 5 rings (SSSR count). The number of urea groups is 1. The van der Waals surface area contributed by atoms with Crippen LogP contribution in [0, 0.1) is 0 Å². The largest absolute Gasteiger partial charge is 0.454 e. The van der Waals surface area contributed by atoms with Gasteiger partial charge in [-0.15, -0.1) is 10.2 Å². The Morgan fingerprint density at radius 1 is 1.10 bits per heavy atom. The van der Waals surface area contributed by atoms with Gasteiger partial charge in [-0.1, -0.05) is 19.3 Å². The molecule has 0 atom stereocenters. The van der Waals surface area contributed by atoms with Gasteiger partial charge in [0.25, 0.3) is 0 Å². The summed E-state index contributed by atoms with van der Waals surface area (Å²) in [6.45, 7) is 1.51. The molecule has 2 aromatic rings. The van der Waals surface area contributed by atoms with E-state index in [-0.39, 0.29) is 18.9 Å². The molecule has 3 heterocycles. The molecule has 1 aromatic heterocycles. The lowest BCUT2D eigenvalue weighted by molar-refractivity contribution is 0.174. The number of rotatable bonds is 4. The Balaban J connectivity index is 1.43. The highest BCUT2D eigenvalue weighted by Crippen LogP contribution is 2.36. The van der Waals surface area contributed by atoms with Gasteiger partial charge in [-0.2, -0.15) is 0 Å². The zero-order valence-electron chi connectivity index (χ0n) is 16.6. The molecule has 3 aliphatic rings. The number of aryl methyl sites for hydroxylation is 1. The second-order valence-electron chi connectivity index (χ2n) is 8.05. The molecule has 0 unspecified atom stereocenters. The van der Waals surface area contributed by atoms with Crippen LogP contribution in [0.15, 0.2) is 18.2 Å². The van der Waals surface area contributed by atoms with Gasteiger partial charge in [0.05, 0.1) is 6.54 Å². The molecule has 8 nitrogen and oxygen atoms in total. The Bertz CT molecular complexity index is 890. The van der Waals surface area contributed by atoms with Crippen molar-refractivity contribution in [3.63, 3.8) is 0 Å². The van der Waals surface area contributed by atoms with E-state index in [9.17, 15) is 4.79 Å². The van der Waals surface area contributed by atoms with Crippen molar-refractivity contribution >= 4 is 11.7 Å². The Labute approximate surface area is 170 Å². The number of hydrogen-bond donors (Lipinski definition) is 1. The third-order valence-electron chi connectivity index (χ3n) is 6.08. The SMILES string of the molecule is O=C(NC1CCCC1)N(Cc1nnc2n1CCCCC2)c1ccc2c(c1)OCO2. The second kappa shape index (κ2) is 7.93. The number of nitrogens with one attached hydrogen (secondary N) is 1. The van der Waals surface area contributed by atoms with Gasteiger partial charge in [0.1, 0.15) is 5.82 Å². The van der Waals surface area contributed by atoms with Gasteiger partial charge in [-0.25, -0.2) is 4.79 Å². The van der Waals surface area contributed by atoms with E-state index in [1.165, 1.54) is 19.3 Å². The molecule has 0 bridgehead atoms. The predicted molar refractivity (Wildman–Crippen MR) is 107 cm³/mol. The zero-order valence-corrected chi connectivity index (χ0v) is 16.6. The van der Waals surface area contributed by atoms with E-state index in [4.69, 9.17) is 9.47 Å². The number of fused-ring (bicyclic) bond motifs is 2. The normalized spacial score (nSPS) is 18.3. The maximum absolute atomic E-state index is 13.2. The van der Waals surface area contributed by atoms with Crippen LogP contribution in [0.3, 0.4) is 0 Å². The van der Waals surface area contributed by atoms with Crippen LogP contribution in [0.5, 0.6) is 11.5 Å². The van der Waals surface area contributed by atoms with Crippen LogP contribution in [0.4, 0.5) is 10.5 Å². The highest BCUT2D eigenvalue weighted by Gasteiger charge is 2.26. The van der Waals surface area contributed by atoms with E-state index in [2.05, 4.69) is 20.1 Å². The summed E-state index contributed by atoms with van der Waals surface area (Å²) in [4.78, 5) is 15.0. The van der Waals surface area contributed by atoms with Crippen LogP contribution >= 0.6 is 0 Å². The maximum Gasteiger partial charge on any atom is 0.322 e. The van der Waals surface area contributed by atoms with Gasteiger partial charge in [-0.05, 0) is 37.8 Å². The molecule has 1 aliphatic carbocycles. The Morgan fingerprint density at radius 2 is 1.97 bits per heavy atom. The predicted octanol–water partition coefficient (Wildman–Crippen LogP) is 3.39. The monoisotopic (exact) mass is 397 g/mol. The summed E-state index contributed by atoms with van der Waals surface area (Å²) in [6.07, 6.45) is 8.85. The summed E-state index contributed by atoms with van der Waals surface area (Å²) in [7, 11) is 0. The third-order valence-corrected chi connectivity index (χ3v) is 6.08. The number of nitrogens with zero attached hydrogens (tertiary/aromatic N) is 4. The fourth-order valence-corrected chi connectivity index (χ4v) is 4.46. The van der Waals surface area contributed by atoms with Crippen molar-refractivity contribution in [3.8, 4) is 11.5 Å².